The SMILES string of the molecule is C=C(NCC1CCN(CCN[S+]([O-])C2CCC2)CC1)c1cc(F)cc(C(F)(F)F)c1. The molecule has 168 valence electrons. The van der Waals surface area contributed by atoms with Crippen LogP contribution >= 0.6 is 0 Å². The predicted octanol–water partition coefficient (Wildman–Crippen LogP) is 3.92. The van der Waals surface area contributed by atoms with Crippen LogP contribution in [0.2, 0.25) is 0 Å². The molecule has 1 atom stereocenters. The zero-order valence-corrected chi connectivity index (χ0v) is 17.8. The Morgan fingerprint density at radius 2 is 1.87 bits per heavy atom. The number of nitrogens with one attached hydrogen (secondary N) is 2. The fourth-order valence-electron chi connectivity index (χ4n) is 3.72. The van der Waals surface area contributed by atoms with E-state index in [4.69, 9.17) is 0 Å². The standard InChI is InChI=1S/C21H29F4N3OS/c1-15(17-11-18(21(23,24)25)13-19(22)12-17)26-14-16-5-8-28(9-6-16)10-7-27-30(29)20-3-2-4-20/h11-13,16,20,26-27H,1-10,14H2. The highest BCUT2D eigenvalue weighted by molar-refractivity contribution is 7.90. The molecule has 1 aromatic carbocycles. The van der Waals surface area contributed by atoms with Crippen LogP contribution in [0.15, 0.2) is 24.8 Å². The lowest BCUT2D eigenvalue weighted by atomic mass is 9.96. The molecular formula is C21H29F4N3OS. The minimum absolute atomic E-state index is 0.116. The van der Waals surface area contributed by atoms with Crippen molar-refractivity contribution in [3.63, 3.8) is 0 Å². The smallest absolute Gasteiger partial charge is 0.416 e. The van der Waals surface area contributed by atoms with Gasteiger partial charge in [0, 0.05) is 35.7 Å². The number of alkyl halides is 3. The van der Waals surface area contributed by atoms with Crippen LogP contribution in [0, 0.1) is 11.7 Å². The van der Waals surface area contributed by atoms with Gasteiger partial charge in [-0.3, -0.25) is 0 Å². The van der Waals surface area contributed by atoms with Gasteiger partial charge in [0.2, 0.25) is 0 Å². The first kappa shape index (κ1) is 23.4. The van der Waals surface area contributed by atoms with E-state index in [2.05, 4.69) is 21.5 Å². The van der Waals surface area contributed by atoms with Crippen LogP contribution < -0.4 is 10.0 Å². The van der Waals surface area contributed by atoms with Crippen molar-refractivity contribution in [1.82, 2.24) is 14.9 Å². The fraction of sp³-hybridized carbons (Fsp3) is 0.619. The number of benzene rings is 1. The summed E-state index contributed by atoms with van der Waals surface area (Å²) in [6.45, 7) is 7.79. The summed E-state index contributed by atoms with van der Waals surface area (Å²) in [5, 5.41) is 3.39. The Labute approximate surface area is 178 Å². The fourth-order valence-corrected chi connectivity index (χ4v) is 5.01. The molecule has 3 rings (SSSR count). The molecule has 1 aromatic rings. The molecule has 0 aromatic heterocycles. The Morgan fingerprint density at radius 1 is 1.17 bits per heavy atom. The van der Waals surface area contributed by atoms with E-state index in [-0.39, 0.29) is 5.56 Å². The third kappa shape index (κ3) is 6.60. The normalized spacial score (nSPS) is 20.0. The molecule has 2 N–H and O–H groups in total. The van der Waals surface area contributed by atoms with E-state index in [1.54, 1.807) is 0 Å². The van der Waals surface area contributed by atoms with Crippen molar-refractivity contribution in [2.45, 2.75) is 43.5 Å². The Hall–Kier alpha value is -1.29. The number of rotatable bonds is 9. The van der Waals surface area contributed by atoms with E-state index in [0.717, 1.165) is 57.5 Å². The van der Waals surface area contributed by atoms with Gasteiger partial charge in [-0.15, -0.1) is 4.72 Å². The van der Waals surface area contributed by atoms with E-state index in [0.29, 0.717) is 36.0 Å². The van der Waals surface area contributed by atoms with Gasteiger partial charge in [-0.25, -0.2) is 4.39 Å². The van der Waals surface area contributed by atoms with Crippen molar-refractivity contribution in [3.8, 4) is 0 Å². The van der Waals surface area contributed by atoms with Gasteiger partial charge in [-0.05, 0) is 69.3 Å². The van der Waals surface area contributed by atoms with Crippen LogP contribution in [-0.2, 0) is 17.5 Å². The maximum Gasteiger partial charge on any atom is 0.416 e. The van der Waals surface area contributed by atoms with Crippen LogP contribution in [0.3, 0.4) is 0 Å². The lowest BCUT2D eigenvalue weighted by molar-refractivity contribution is -0.137. The van der Waals surface area contributed by atoms with Crippen LogP contribution in [0.5, 0.6) is 0 Å². The van der Waals surface area contributed by atoms with E-state index in [1.807, 2.05) is 0 Å². The topological polar surface area (TPSA) is 50.4 Å². The molecule has 0 amide bonds. The minimum Gasteiger partial charge on any atom is -0.598 e. The quantitative estimate of drug-likeness (QED) is 0.445. The van der Waals surface area contributed by atoms with Gasteiger partial charge in [0.15, 0.2) is 0 Å². The highest BCUT2D eigenvalue weighted by atomic mass is 32.2. The van der Waals surface area contributed by atoms with Crippen molar-refractivity contribution in [2.24, 2.45) is 5.92 Å². The first-order chi connectivity index (χ1) is 14.2. The molecule has 1 heterocycles. The monoisotopic (exact) mass is 447 g/mol. The van der Waals surface area contributed by atoms with Crippen LogP contribution in [-0.4, -0.2) is 47.4 Å². The average molecular weight is 448 g/mol. The largest absolute Gasteiger partial charge is 0.598 e. The van der Waals surface area contributed by atoms with Crippen molar-refractivity contribution < 1.29 is 22.1 Å². The van der Waals surface area contributed by atoms with Crippen molar-refractivity contribution >= 4 is 17.1 Å². The number of nitrogens with zero attached hydrogens (tertiary/aromatic N) is 1. The number of hydrogen-bond donors (Lipinski definition) is 2. The molecule has 1 aliphatic carbocycles. The molecule has 1 unspecified atom stereocenters. The van der Waals surface area contributed by atoms with Gasteiger partial charge in [0.05, 0.1) is 12.1 Å². The third-order valence-corrected chi connectivity index (χ3v) is 7.48. The summed E-state index contributed by atoms with van der Waals surface area (Å²) in [6, 6.07) is 2.47. The van der Waals surface area contributed by atoms with Crippen molar-refractivity contribution in [2.75, 3.05) is 32.7 Å². The molecule has 0 bridgehead atoms. The zero-order valence-electron chi connectivity index (χ0n) is 16.9. The average Bonchev–Trinajstić information content (AvgIpc) is 2.64. The van der Waals surface area contributed by atoms with E-state index in [1.165, 1.54) is 6.42 Å². The number of piperidine rings is 1. The first-order valence-electron chi connectivity index (χ1n) is 10.4. The molecule has 0 spiro atoms. The van der Waals surface area contributed by atoms with Gasteiger partial charge in [-0.2, -0.15) is 13.2 Å². The second-order valence-corrected chi connectivity index (χ2v) is 9.67. The highest BCUT2D eigenvalue weighted by Crippen LogP contribution is 2.31. The summed E-state index contributed by atoms with van der Waals surface area (Å²) in [6.07, 6.45) is 0.608. The Bertz CT molecular complexity index is 719. The highest BCUT2D eigenvalue weighted by Gasteiger charge is 2.32. The summed E-state index contributed by atoms with van der Waals surface area (Å²) in [5.74, 6) is -0.548. The van der Waals surface area contributed by atoms with E-state index < -0.39 is 28.9 Å². The van der Waals surface area contributed by atoms with Crippen LogP contribution in [0.25, 0.3) is 5.70 Å². The van der Waals surface area contributed by atoms with E-state index in [9.17, 15) is 22.1 Å². The summed E-state index contributed by atoms with van der Waals surface area (Å²) >= 11 is -0.919. The molecule has 0 radical (unpaired) electrons. The minimum atomic E-state index is -4.59. The molecule has 1 saturated heterocycles. The van der Waals surface area contributed by atoms with E-state index >= 15 is 0 Å². The summed E-state index contributed by atoms with van der Waals surface area (Å²) in [4.78, 5) is 2.33. The zero-order chi connectivity index (χ0) is 21.7. The van der Waals surface area contributed by atoms with Gasteiger partial charge in [-0.1, -0.05) is 6.58 Å². The predicted molar refractivity (Wildman–Crippen MR) is 111 cm³/mol. The number of halogens is 4. The second-order valence-electron chi connectivity index (χ2n) is 8.12. The van der Waals surface area contributed by atoms with Crippen molar-refractivity contribution in [1.29, 1.82) is 0 Å². The van der Waals surface area contributed by atoms with Gasteiger partial charge in [0.25, 0.3) is 0 Å². The lowest BCUT2D eigenvalue weighted by Crippen LogP contribution is -2.44. The number of hydrogen-bond acceptors (Lipinski definition) is 4. The van der Waals surface area contributed by atoms with Crippen LogP contribution in [0.4, 0.5) is 17.6 Å². The molecule has 9 heteroatoms. The molecule has 1 aliphatic heterocycles. The maximum absolute atomic E-state index is 13.6. The van der Waals surface area contributed by atoms with Gasteiger partial charge in [0.1, 0.15) is 11.1 Å². The molecule has 2 aliphatic rings. The molecular weight excluding hydrogens is 418 g/mol. The molecule has 30 heavy (non-hydrogen) atoms. The summed E-state index contributed by atoms with van der Waals surface area (Å²) in [5.41, 5.74) is -0.601. The summed E-state index contributed by atoms with van der Waals surface area (Å²) in [7, 11) is 0. The van der Waals surface area contributed by atoms with Crippen LogP contribution in [0.1, 0.15) is 43.2 Å². The van der Waals surface area contributed by atoms with Gasteiger partial charge < -0.3 is 14.8 Å². The Morgan fingerprint density at radius 3 is 2.47 bits per heavy atom. The first-order valence-corrected chi connectivity index (χ1v) is 11.6. The van der Waals surface area contributed by atoms with Gasteiger partial charge >= 0.3 is 6.18 Å². The Balaban J connectivity index is 1.37. The molecule has 1 saturated carbocycles. The Kier molecular flexibility index (Phi) is 8.06. The summed E-state index contributed by atoms with van der Waals surface area (Å²) < 4.78 is 67.3. The van der Waals surface area contributed by atoms with Crippen molar-refractivity contribution in [3.05, 3.63) is 41.7 Å². The molecule has 2 fully saturated rings. The number of likely N-dealkylation sites (tertiary alicyclic amines) is 1. The maximum atomic E-state index is 13.6. The second kappa shape index (κ2) is 10.3. The lowest BCUT2D eigenvalue weighted by Gasteiger charge is -2.33. The molecule has 4 nitrogen and oxygen atoms in total. The third-order valence-electron chi connectivity index (χ3n) is 5.91.